The third kappa shape index (κ3) is 38.8. The van der Waals surface area contributed by atoms with E-state index >= 15 is 0 Å². The number of esters is 1. The smallest absolute Gasteiger partial charge is 0.306 e. The van der Waals surface area contributed by atoms with Crippen LogP contribution in [-0.2, 0) is 23.8 Å². The topological polar surface area (TPSA) is 175 Å². The van der Waals surface area contributed by atoms with E-state index < -0.39 is 67.4 Å². The molecular weight excluding hydrogens is 931 g/mol. The zero-order valence-electron chi connectivity index (χ0n) is 47.5. The van der Waals surface area contributed by atoms with Gasteiger partial charge in [0.15, 0.2) is 12.4 Å². The Hall–Kier alpha value is -2.64. The molecule has 1 aliphatic heterocycles. The van der Waals surface area contributed by atoms with Gasteiger partial charge >= 0.3 is 5.97 Å². The second-order valence-corrected chi connectivity index (χ2v) is 21.0. The van der Waals surface area contributed by atoms with E-state index in [0.29, 0.717) is 12.8 Å². The van der Waals surface area contributed by atoms with Crippen molar-refractivity contribution >= 4 is 11.9 Å². The van der Waals surface area contributed by atoms with Crippen LogP contribution in [0.4, 0.5) is 0 Å². The maximum Gasteiger partial charge on any atom is 0.306 e. The van der Waals surface area contributed by atoms with Crippen molar-refractivity contribution in [2.45, 2.75) is 314 Å². The van der Waals surface area contributed by atoms with E-state index in [-0.39, 0.29) is 19.4 Å². The molecule has 74 heavy (non-hydrogen) atoms. The number of ether oxygens (including phenoxy) is 3. The van der Waals surface area contributed by atoms with E-state index in [9.17, 15) is 35.1 Å². The maximum atomic E-state index is 13.4. The molecule has 0 bridgehead atoms. The van der Waals surface area contributed by atoms with Crippen LogP contribution >= 0.6 is 0 Å². The highest BCUT2D eigenvalue weighted by Gasteiger charge is 2.47. The number of aliphatic hydroxyl groups excluding tert-OH is 5. The Labute approximate surface area is 452 Å². The van der Waals surface area contributed by atoms with Gasteiger partial charge in [0.25, 0.3) is 0 Å². The van der Waals surface area contributed by atoms with E-state index in [4.69, 9.17) is 14.2 Å². The largest absolute Gasteiger partial charge is 0.454 e. The van der Waals surface area contributed by atoms with E-state index in [1.54, 1.807) is 6.08 Å². The Balaban J connectivity index is 2.64. The number of amides is 1. The lowest BCUT2D eigenvalue weighted by molar-refractivity contribution is -0.305. The molecule has 8 unspecified atom stereocenters. The normalized spacial score (nSPS) is 19.7. The molecule has 0 saturated carbocycles. The third-order valence-electron chi connectivity index (χ3n) is 14.2. The van der Waals surface area contributed by atoms with Gasteiger partial charge in [-0.05, 0) is 83.5 Å². The average molecular weight is 1040 g/mol. The van der Waals surface area contributed by atoms with Gasteiger partial charge in [-0.15, -0.1) is 0 Å². The number of hydrogen-bond acceptors (Lipinski definition) is 10. The summed E-state index contributed by atoms with van der Waals surface area (Å²) in [7, 11) is 0. The summed E-state index contributed by atoms with van der Waals surface area (Å²) in [4.78, 5) is 26.5. The summed E-state index contributed by atoms with van der Waals surface area (Å²) in [5.74, 6) is -1.20. The van der Waals surface area contributed by atoms with Gasteiger partial charge in [-0.2, -0.15) is 0 Å². The van der Waals surface area contributed by atoms with Gasteiger partial charge in [0, 0.05) is 6.42 Å². The number of unbranched alkanes of at least 4 members (excludes halogenated alkanes) is 29. The number of carbonyl (C=O) groups is 2. The molecule has 11 nitrogen and oxygen atoms in total. The summed E-state index contributed by atoms with van der Waals surface area (Å²) in [6.45, 7) is 5.64. The Morgan fingerprint density at radius 1 is 0.541 bits per heavy atom. The second-order valence-electron chi connectivity index (χ2n) is 21.0. The van der Waals surface area contributed by atoms with Crippen molar-refractivity contribution < 1.29 is 49.3 Å². The molecule has 1 aliphatic rings. The van der Waals surface area contributed by atoms with E-state index in [2.05, 4.69) is 74.7 Å². The van der Waals surface area contributed by atoms with Crippen molar-refractivity contribution in [3.8, 4) is 0 Å². The van der Waals surface area contributed by atoms with Gasteiger partial charge in [0.05, 0.1) is 25.4 Å². The maximum absolute atomic E-state index is 13.4. The van der Waals surface area contributed by atoms with Crippen LogP contribution in [0.25, 0.3) is 0 Å². The minimum absolute atomic E-state index is 0.120. The number of carbonyl (C=O) groups excluding carboxylic acids is 2. The Morgan fingerprint density at radius 3 is 1.47 bits per heavy atom. The highest BCUT2D eigenvalue weighted by atomic mass is 16.7. The molecular formula is C63H113NO10. The summed E-state index contributed by atoms with van der Waals surface area (Å²) in [5, 5.41) is 56.9. The fourth-order valence-corrected chi connectivity index (χ4v) is 9.31. The first kappa shape index (κ1) is 69.4. The van der Waals surface area contributed by atoms with Crippen molar-refractivity contribution in [3.63, 3.8) is 0 Å². The van der Waals surface area contributed by atoms with Crippen LogP contribution in [0.15, 0.2) is 60.8 Å². The molecule has 0 aromatic rings. The molecule has 1 saturated heterocycles. The van der Waals surface area contributed by atoms with Gasteiger partial charge in [0.1, 0.15) is 24.4 Å². The lowest BCUT2D eigenvalue weighted by atomic mass is 9.99. The Morgan fingerprint density at radius 2 is 0.973 bits per heavy atom. The zero-order chi connectivity index (χ0) is 54.0. The number of nitrogens with one attached hydrogen (secondary N) is 1. The van der Waals surface area contributed by atoms with Gasteiger partial charge in [0.2, 0.25) is 5.91 Å². The molecule has 6 N–H and O–H groups in total. The minimum Gasteiger partial charge on any atom is -0.454 e. The molecule has 0 aromatic carbocycles. The van der Waals surface area contributed by atoms with Gasteiger partial charge in [-0.1, -0.05) is 236 Å². The average Bonchev–Trinajstić information content (AvgIpc) is 3.40. The summed E-state index contributed by atoms with van der Waals surface area (Å²) in [6, 6.07) is -1.03. The first-order valence-electron chi connectivity index (χ1n) is 30.6. The van der Waals surface area contributed by atoms with Crippen LogP contribution < -0.4 is 5.32 Å². The second kappa shape index (κ2) is 51.1. The molecule has 1 rings (SSSR count). The number of allylic oxidation sites excluding steroid dienone is 9. The van der Waals surface area contributed by atoms with Crippen molar-refractivity contribution in [2.24, 2.45) is 0 Å². The first-order valence-corrected chi connectivity index (χ1v) is 30.6. The molecule has 0 aliphatic carbocycles. The van der Waals surface area contributed by atoms with Gasteiger partial charge < -0.3 is 45.1 Å². The highest BCUT2D eigenvalue weighted by Crippen LogP contribution is 2.26. The number of rotatable bonds is 51. The van der Waals surface area contributed by atoms with Crippen LogP contribution in [0.2, 0.25) is 0 Å². The summed E-state index contributed by atoms with van der Waals surface area (Å²) in [5.41, 5.74) is 0. The zero-order valence-corrected chi connectivity index (χ0v) is 47.5. The van der Waals surface area contributed by atoms with Crippen LogP contribution in [0.5, 0.6) is 0 Å². The third-order valence-corrected chi connectivity index (χ3v) is 14.2. The summed E-state index contributed by atoms with van der Waals surface area (Å²) < 4.78 is 17.6. The molecule has 1 amide bonds. The first-order chi connectivity index (χ1) is 36.2. The van der Waals surface area contributed by atoms with Crippen LogP contribution in [0, 0.1) is 0 Å². The number of aliphatic hydroxyl groups is 5. The van der Waals surface area contributed by atoms with E-state index in [1.165, 1.54) is 122 Å². The lowest BCUT2D eigenvalue weighted by Crippen LogP contribution is -2.61. The fraction of sp³-hybridized carbons (Fsp3) is 0.810. The summed E-state index contributed by atoms with van der Waals surface area (Å²) >= 11 is 0. The van der Waals surface area contributed by atoms with Crippen LogP contribution in [0.3, 0.4) is 0 Å². The molecule has 0 aromatic heterocycles. The van der Waals surface area contributed by atoms with Crippen molar-refractivity contribution in [3.05, 3.63) is 60.8 Å². The molecule has 1 heterocycles. The van der Waals surface area contributed by atoms with Crippen LogP contribution in [0.1, 0.15) is 265 Å². The lowest BCUT2D eigenvalue weighted by Gasteiger charge is -2.41. The van der Waals surface area contributed by atoms with Gasteiger partial charge in [-0.3, -0.25) is 9.59 Å². The Kier molecular flexibility index (Phi) is 47.9. The van der Waals surface area contributed by atoms with E-state index in [1.807, 2.05) is 6.08 Å². The van der Waals surface area contributed by atoms with Gasteiger partial charge in [-0.25, -0.2) is 0 Å². The fourth-order valence-electron chi connectivity index (χ4n) is 9.31. The molecule has 11 heteroatoms. The standard InChI is InChI=1S/C63H113NO10/c1-4-7-10-13-16-19-22-24-25-26-27-28-29-30-31-33-36-39-42-45-48-51-58(68)74-61-60(70)59(69)57(52-65)73-63(61)72-53-54(55(66)49-46-43-40-37-34-21-18-15-12-9-6-3)64-62(71)56(67)50-47-44-41-38-35-32-23-20-17-14-11-8-5-2/h8,11,16-17,19-20,24-25,46,49,54-57,59-61,63,65-67,69-70H,4-7,9-10,12-15,18,21-23,26-45,47-48,50-53H2,1-3H3,(H,64,71)/b11-8+,19-16-,20-17+,25-24-,49-46+. The molecule has 8 atom stereocenters. The predicted octanol–water partition coefficient (Wildman–Crippen LogP) is 14.2. The quantitative estimate of drug-likeness (QED) is 0.0195. The molecule has 1 fully saturated rings. The highest BCUT2D eigenvalue weighted by molar-refractivity contribution is 5.80. The minimum atomic E-state index is -1.62. The van der Waals surface area contributed by atoms with Crippen molar-refractivity contribution in [1.82, 2.24) is 5.32 Å². The summed E-state index contributed by atoms with van der Waals surface area (Å²) in [6.07, 6.45) is 52.6. The monoisotopic (exact) mass is 1040 g/mol. The van der Waals surface area contributed by atoms with Crippen molar-refractivity contribution in [2.75, 3.05) is 13.2 Å². The van der Waals surface area contributed by atoms with Crippen molar-refractivity contribution in [1.29, 1.82) is 0 Å². The molecule has 0 radical (unpaired) electrons. The molecule has 0 spiro atoms. The SMILES string of the molecule is CC/C=C/C/C=C/CCCCCCCCC(O)C(=O)NC(COC1OC(CO)C(O)C(O)C1OC(=O)CCCCCCCCCCCCC/C=C\C/C=C\CCCCC)C(O)/C=C/CCCCCCCCCCC. The Bertz CT molecular complexity index is 1430. The molecule has 430 valence electrons. The predicted molar refractivity (Wildman–Crippen MR) is 306 cm³/mol. The van der Waals surface area contributed by atoms with Crippen LogP contribution in [-0.4, -0.2) is 99.6 Å². The van der Waals surface area contributed by atoms with E-state index in [0.717, 1.165) is 96.3 Å². The number of hydrogen-bond donors (Lipinski definition) is 6.